The molecule has 1 N–H and O–H groups in total. The Labute approximate surface area is 156 Å². The highest BCUT2D eigenvalue weighted by Gasteiger charge is 2.23. The van der Waals surface area contributed by atoms with Crippen LogP contribution in [0.25, 0.3) is 0 Å². The van der Waals surface area contributed by atoms with Gasteiger partial charge in [-0.05, 0) is 43.2 Å². The predicted molar refractivity (Wildman–Crippen MR) is 107 cm³/mol. The fourth-order valence-electron chi connectivity index (χ4n) is 3.33. The van der Waals surface area contributed by atoms with Gasteiger partial charge in [-0.1, -0.05) is 37.3 Å². The third-order valence-corrected chi connectivity index (χ3v) is 5.29. The molecular weight excluding hydrogens is 322 g/mol. The Bertz CT molecular complexity index is 691. The zero-order chi connectivity index (χ0) is 18.4. The molecule has 1 unspecified atom stereocenters. The van der Waals surface area contributed by atoms with Crippen LogP contribution in [-0.4, -0.2) is 47.9 Å². The van der Waals surface area contributed by atoms with E-state index < -0.39 is 0 Å². The lowest BCUT2D eigenvalue weighted by molar-refractivity contribution is 0.0579. The van der Waals surface area contributed by atoms with Crippen LogP contribution in [-0.2, 0) is 6.54 Å². The average molecular weight is 351 g/mol. The van der Waals surface area contributed by atoms with E-state index in [-0.39, 0.29) is 5.91 Å². The van der Waals surface area contributed by atoms with Crippen molar-refractivity contribution in [2.24, 2.45) is 0 Å². The summed E-state index contributed by atoms with van der Waals surface area (Å²) in [4.78, 5) is 17.2. The number of nitrogens with zero attached hydrogens (tertiary/aromatic N) is 2. The Hall–Kier alpha value is -2.33. The first-order valence-electron chi connectivity index (χ1n) is 9.58. The van der Waals surface area contributed by atoms with Gasteiger partial charge in [0.15, 0.2) is 0 Å². The van der Waals surface area contributed by atoms with E-state index in [0.29, 0.717) is 6.04 Å². The number of benzene rings is 2. The fourth-order valence-corrected chi connectivity index (χ4v) is 3.33. The van der Waals surface area contributed by atoms with Crippen LogP contribution in [0.5, 0.6) is 0 Å². The van der Waals surface area contributed by atoms with E-state index >= 15 is 0 Å². The van der Waals surface area contributed by atoms with E-state index in [1.165, 1.54) is 5.56 Å². The Morgan fingerprint density at radius 2 is 1.65 bits per heavy atom. The maximum absolute atomic E-state index is 12.7. The normalized spacial score (nSPS) is 16.3. The Morgan fingerprint density at radius 3 is 2.27 bits per heavy atom. The van der Waals surface area contributed by atoms with Gasteiger partial charge in [0, 0.05) is 50.0 Å². The zero-order valence-electron chi connectivity index (χ0n) is 15.8. The lowest BCUT2D eigenvalue weighted by atomic mass is 10.1. The molecule has 0 radical (unpaired) electrons. The standard InChI is InChI=1S/C22H29N3O/c1-3-18(2)24-13-15-25(16-14-24)22(26)20-11-9-19(10-12-20)17-23-21-7-5-4-6-8-21/h4-12,18,23H,3,13-17H2,1-2H3. The predicted octanol–water partition coefficient (Wildman–Crippen LogP) is 3.86. The van der Waals surface area contributed by atoms with Crippen LogP contribution in [0.4, 0.5) is 5.69 Å². The molecule has 0 spiro atoms. The second-order valence-corrected chi connectivity index (χ2v) is 7.00. The van der Waals surface area contributed by atoms with E-state index in [1.54, 1.807) is 0 Å². The van der Waals surface area contributed by atoms with Crippen LogP contribution in [0.2, 0.25) is 0 Å². The van der Waals surface area contributed by atoms with Gasteiger partial charge in [0.25, 0.3) is 5.91 Å². The van der Waals surface area contributed by atoms with Gasteiger partial charge in [0.1, 0.15) is 0 Å². The summed E-state index contributed by atoms with van der Waals surface area (Å²) in [6.45, 7) is 8.82. The summed E-state index contributed by atoms with van der Waals surface area (Å²) >= 11 is 0. The van der Waals surface area contributed by atoms with Gasteiger partial charge in [-0.3, -0.25) is 9.69 Å². The van der Waals surface area contributed by atoms with Crippen molar-refractivity contribution in [2.75, 3.05) is 31.5 Å². The van der Waals surface area contributed by atoms with Gasteiger partial charge >= 0.3 is 0 Å². The molecular formula is C22H29N3O. The lowest BCUT2D eigenvalue weighted by Crippen LogP contribution is -2.51. The van der Waals surface area contributed by atoms with Crippen molar-refractivity contribution in [1.29, 1.82) is 0 Å². The molecule has 2 aromatic carbocycles. The third-order valence-electron chi connectivity index (χ3n) is 5.29. The van der Waals surface area contributed by atoms with Crippen molar-refractivity contribution < 1.29 is 4.79 Å². The molecule has 0 aliphatic carbocycles. The van der Waals surface area contributed by atoms with Crippen molar-refractivity contribution in [2.45, 2.75) is 32.9 Å². The molecule has 1 amide bonds. The van der Waals surface area contributed by atoms with Gasteiger partial charge in [-0.15, -0.1) is 0 Å². The summed E-state index contributed by atoms with van der Waals surface area (Å²) in [5, 5.41) is 3.39. The average Bonchev–Trinajstić information content (AvgIpc) is 2.72. The number of anilines is 1. The molecule has 2 aromatic rings. The number of carbonyl (C=O) groups excluding carboxylic acids is 1. The monoisotopic (exact) mass is 351 g/mol. The molecule has 1 aliphatic rings. The zero-order valence-corrected chi connectivity index (χ0v) is 15.8. The van der Waals surface area contributed by atoms with E-state index in [9.17, 15) is 4.79 Å². The molecule has 4 heteroatoms. The Kier molecular flexibility index (Phi) is 6.29. The number of hydrogen-bond acceptors (Lipinski definition) is 3. The van der Waals surface area contributed by atoms with E-state index in [2.05, 4.69) is 36.2 Å². The molecule has 3 rings (SSSR count). The second-order valence-electron chi connectivity index (χ2n) is 7.00. The summed E-state index contributed by atoms with van der Waals surface area (Å²) in [7, 11) is 0. The SMILES string of the molecule is CCC(C)N1CCN(C(=O)c2ccc(CNc3ccccc3)cc2)CC1. The number of hydrogen-bond donors (Lipinski definition) is 1. The molecule has 1 heterocycles. The summed E-state index contributed by atoms with van der Waals surface area (Å²) in [6.07, 6.45) is 1.16. The number of piperazine rings is 1. The summed E-state index contributed by atoms with van der Waals surface area (Å²) in [5.41, 5.74) is 3.06. The molecule has 138 valence electrons. The van der Waals surface area contributed by atoms with Crippen LogP contribution in [0.3, 0.4) is 0 Å². The van der Waals surface area contributed by atoms with Crippen LogP contribution in [0, 0.1) is 0 Å². The fraction of sp³-hybridized carbons (Fsp3) is 0.409. The molecule has 0 bridgehead atoms. The number of nitrogens with one attached hydrogen (secondary N) is 1. The van der Waals surface area contributed by atoms with Gasteiger partial charge < -0.3 is 10.2 Å². The van der Waals surface area contributed by atoms with Gasteiger partial charge in [-0.2, -0.15) is 0 Å². The minimum Gasteiger partial charge on any atom is -0.381 e. The summed E-state index contributed by atoms with van der Waals surface area (Å²) in [6, 6.07) is 18.7. The highest BCUT2D eigenvalue weighted by molar-refractivity contribution is 5.94. The number of rotatable bonds is 6. The minimum absolute atomic E-state index is 0.149. The molecule has 1 saturated heterocycles. The topological polar surface area (TPSA) is 35.6 Å². The van der Waals surface area contributed by atoms with E-state index in [0.717, 1.165) is 50.4 Å². The molecule has 4 nitrogen and oxygen atoms in total. The first kappa shape index (κ1) is 18.5. The molecule has 0 aromatic heterocycles. The Morgan fingerprint density at radius 1 is 1.00 bits per heavy atom. The quantitative estimate of drug-likeness (QED) is 0.858. The van der Waals surface area contributed by atoms with Crippen molar-refractivity contribution >= 4 is 11.6 Å². The second kappa shape index (κ2) is 8.86. The molecule has 1 aliphatic heterocycles. The van der Waals surface area contributed by atoms with Crippen molar-refractivity contribution in [3.63, 3.8) is 0 Å². The Balaban J connectivity index is 1.52. The number of carbonyl (C=O) groups is 1. The van der Waals surface area contributed by atoms with Crippen LogP contribution < -0.4 is 5.32 Å². The molecule has 0 saturated carbocycles. The van der Waals surface area contributed by atoms with Gasteiger partial charge in [0.2, 0.25) is 0 Å². The van der Waals surface area contributed by atoms with Crippen LogP contribution in [0.15, 0.2) is 54.6 Å². The van der Waals surface area contributed by atoms with Gasteiger partial charge in [-0.25, -0.2) is 0 Å². The van der Waals surface area contributed by atoms with Crippen molar-refractivity contribution in [1.82, 2.24) is 9.80 Å². The first-order valence-corrected chi connectivity index (χ1v) is 9.58. The minimum atomic E-state index is 0.149. The molecule has 1 atom stereocenters. The largest absolute Gasteiger partial charge is 0.381 e. The van der Waals surface area contributed by atoms with Crippen LogP contribution in [0.1, 0.15) is 36.2 Å². The maximum atomic E-state index is 12.7. The molecule has 26 heavy (non-hydrogen) atoms. The van der Waals surface area contributed by atoms with Crippen molar-refractivity contribution in [3.05, 3.63) is 65.7 Å². The number of amides is 1. The smallest absolute Gasteiger partial charge is 0.253 e. The third kappa shape index (κ3) is 4.64. The summed E-state index contributed by atoms with van der Waals surface area (Å²) in [5.74, 6) is 0.149. The lowest BCUT2D eigenvalue weighted by Gasteiger charge is -2.37. The van der Waals surface area contributed by atoms with E-state index in [4.69, 9.17) is 0 Å². The first-order chi connectivity index (χ1) is 12.7. The molecule has 1 fully saturated rings. The van der Waals surface area contributed by atoms with Crippen molar-refractivity contribution in [3.8, 4) is 0 Å². The van der Waals surface area contributed by atoms with E-state index in [1.807, 2.05) is 47.4 Å². The highest BCUT2D eigenvalue weighted by Crippen LogP contribution is 2.14. The maximum Gasteiger partial charge on any atom is 0.253 e. The highest BCUT2D eigenvalue weighted by atomic mass is 16.2. The van der Waals surface area contributed by atoms with Gasteiger partial charge in [0.05, 0.1) is 0 Å². The van der Waals surface area contributed by atoms with Crippen LogP contribution >= 0.6 is 0 Å². The summed E-state index contributed by atoms with van der Waals surface area (Å²) < 4.78 is 0. The number of para-hydroxylation sites is 1.